The van der Waals surface area contributed by atoms with Crippen LogP contribution in [0, 0.1) is 0 Å². The third-order valence-electron chi connectivity index (χ3n) is 3.09. The van der Waals surface area contributed by atoms with Crippen molar-refractivity contribution in [2.45, 2.75) is 12.3 Å². The van der Waals surface area contributed by atoms with E-state index in [1.807, 2.05) is 0 Å². The fourth-order valence-electron chi connectivity index (χ4n) is 2.28. The molecule has 1 aliphatic rings. The van der Waals surface area contributed by atoms with Crippen molar-refractivity contribution in [3.8, 4) is 0 Å². The predicted octanol–water partition coefficient (Wildman–Crippen LogP) is 5.54. The van der Waals surface area contributed by atoms with Gasteiger partial charge in [-0.15, -0.1) is 37.2 Å². The van der Waals surface area contributed by atoms with Gasteiger partial charge < -0.3 is 0 Å². The molecule has 0 N–H and O–H groups in total. The van der Waals surface area contributed by atoms with Crippen molar-refractivity contribution in [3.63, 3.8) is 0 Å². The minimum Gasteiger partial charge on any atom is -0.147 e. The number of benzene rings is 1. The number of hydrogen-bond acceptors (Lipinski definition) is 0. The first kappa shape index (κ1) is 23.2. The molecule has 0 aliphatic heterocycles. The van der Waals surface area contributed by atoms with Crippen molar-refractivity contribution in [1.82, 2.24) is 0 Å². The molecule has 1 aromatic carbocycles. The zero-order valence-electron chi connectivity index (χ0n) is 11.7. The maximum absolute atomic E-state index is 2.38. The Balaban J connectivity index is 0. The van der Waals surface area contributed by atoms with Gasteiger partial charge in [-0.1, -0.05) is 0 Å². The van der Waals surface area contributed by atoms with Gasteiger partial charge in [0, 0.05) is 0 Å². The number of hydrogen-bond donors (Lipinski definition) is 0. The van der Waals surface area contributed by atoms with Crippen LogP contribution in [0.2, 0.25) is 0 Å². The smallest absolute Gasteiger partial charge is 0.147 e. The predicted molar refractivity (Wildman–Crippen MR) is 95.3 cm³/mol. The molecule has 5 heteroatoms. The summed E-state index contributed by atoms with van der Waals surface area (Å²) in [4.78, 5) is 0. The van der Waals surface area contributed by atoms with Crippen LogP contribution < -0.4 is 0 Å². The molecule has 1 unspecified atom stereocenters. The van der Waals surface area contributed by atoms with Gasteiger partial charge in [-0.3, -0.25) is 0 Å². The Morgan fingerprint density at radius 2 is 1.70 bits per heavy atom. The first-order valence-electron chi connectivity index (χ1n) is 5.99. The molecule has 20 heavy (non-hydrogen) atoms. The van der Waals surface area contributed by atoms with Gasteiger partial charge in [0.05, 0.1) is 0 Å². The molecule has 111 valence electrons. The van der Waals surface area contributed by atoms with Crippen molar-refractivity contribution >= 4 is 45.1 Å². The molecule has 0 bridgehead atoms. The van der Waals surface area contributed by atoms with Crippen molar-refractivity contribution < 1.29 is 24.7 Å². The molecule has 0 spiro atoms. The van der Waals surface area contributed by atoms with Crippen LogP contribution >= 0.6 is 45.1 Å². The summed E-state index contributed by atoms with van der Waals surface area (Å²) in [6.45, 7) is 4.76. The van der Waals surface area contributed by atoms with E-state index in [4.69, 9.17) is 0 Å². The minimum absolute atomic E-state index is 0. The van der Waals surface area contributed by atoms with E-state index >= 15 is 0 Å². The number of halogens is 3. The standard InChI is InChI=1S/C15H18P.3ClH.Zr/c1-16(2)12-15(14-10-6-7-11-14)13-8-4-3-5-9-13;;;;/h3-6,8-10,15H,7,12H2,1-2H3;3*1H;. The largest absolute Gasteiger partial charge is 0.147 e. The van der Waals surface area contributed by atoms with Crippen molar-refractivity contribution in [2.75, 3.05) is 19.5 Å². The second-order valence-electron chi connectivity index (χ2n) is 4.77. The minimum atomic E-state index is 0. The monoisotopic (exact) mass is 427 g/mol. The summed E-state index contributed by atoms with van der Waals surface area (Å²) in [5.41, 5.74) is 3.09. The molecule has 1 aromatic rings. The van der Waals surface area contributed by atoms with Crippen LogP contribution in [0.1, 0.15) is 17.9 Å². The van der Waals surface area contributed by atoms with Crippen LogP contribution in [-0.2, 0) is 24.7 Å². The number of allylic oxidation sites excluding steroid dienone is 4. The average Bonchev–Trinajstić information content (AvgIpc) is 2.73. The van der Waals surface area contributed by atoms with Crippen LogP contribution in [0.3, 0.4) is 0 Å². The van der Waals surface area contributed by atoms with E-state index in [0.29, 0.717) is 5.92 Å². The Hall–Kier alpha value is 0.883. The molecule has 0 fully saturated rings. The van der Waals surface area contributed by atoms with Gasteiger partial charge in [0.2, 0.25) is 0 Å². The van der Waals surface area contributed by atoms with Crippen LogP contribution in [0.15, 0.2) is 51.3 Å². The van der Waals surface area contributed by atoms with Gasteiger partial charge in [-0.05, 0) is 0 Å². The molecular weight excluding hydrogens is 409 g/mol. The normalized spacial score (nSPS) is 14.3. The first-order chi connectivity index (χ1) is 8.18. The molecule has 0 saturated heterocycles. The molecular formula is C15H21Cl3PZr. The van der Waals surface area contributed by atoms with E-state index in [1.54, 1.807) is 33.6 Å². The van der Waals surface area contributed by atoms with Gasteiger partial charge in [-0.25, -0.2) is 0 Å². The second-order valence-corrected chi connectivity index (χ2v) is 8.77. The molecule has 2 rings (SSSR count). The summed E-state index contributed by atoms with van der Waals surface area (Å²) in [6, 6.07) is 11.0. The second kappa shape index (κ2) is 11.5. The maximum atomic E-state index is 2.38. The fourth-order valence-corrected chi connectivity index (χ4v) is 4.34. The zero-order chi connectivity index (χ0) is 12.3. The first-order valence-corrected chi connectivity index (χ1v) is 9.64. The Bertz CT molecular complexity index is 444. The van der Waals surface area contributed by atoms with E-state index < -0.39 is 0 Å². The van der Waals surface area contributed by atoms with Crippen LogP contribution in [0.5, 0.6) is 0 Å². The SMILES string of the molecule is CP(C)CC(C1=[C]([Zr])CC=C1)c1ccccc1.Cl.Cl.Cl. The quantitative estimate of drug-likeness (QED) is 0.551. The van der Waals surface area contributed by atoms with Gasteiger partial charge in [0.25, 0.3) is 0 Å². The Kier molecular flexibility index (Phi) is 13.3. The van der Waals surface area contributed by atoms with Crippen molar-refractivity contribution in [2.24, 2.45) is 0 Å². The Labute approximate surface area is 157 Å². The summed E-state index contributed by atoms with van der Waals surface area (Å²) >= 11 is 1.59. The summed E-state index contributed by atoms with van der Waals surface area (Å²) in [5, 5.41) is 0. The van der Waals surface area contributed by atoms with E-state index in [-0.39, 0.29) is 45.1 Å². The maximum Gasteiger partial charge on any atom is -0.147 e. The third-order valence-corrected chi connectivity index (χ3v) is 5.40. The summed E-state index contributed by atoms with van der Waals surface area (Å²) < 4.78 is 1.64. The van der Waals surface area contributed by atoms with Gasteiger partial charge in [-0.2, -0.15) is 0 Å². The zero-order valence-corrected chi connectivity index (χ0v) is 17.5. The molecule has 0 nitrogen and oxygen atoms in total. The van der Waals surface area contributed by atoms with Gasteiger partial charge in [0.15, 0.2) is 0 Å². The van der Waals surface area contributed by atoms with Crippen LogP contribution in [0.25, 0.3) is 0 Å². The van der Waals surface area contributed by atoms with Crippen LogP contribution in [-0.4, -0.2) is 19.5 Å². The summed E-state index contributed by atoms with van der Waals surface area (Å²) in [7, 11) is 0.143. The van der Waals surface area contributed by atoms with Gasteiger partial charge in [0.1, 0.15) is 0 Å². The van der Waals surface area contributed by atoms with E-state index in [2.05, 4.69) is 55.8 Å². The number of rotatable bonds is 4. The molecule has 1 aliphatic carbocycles. The van der Waals surface area contributed by atoms with E-state index in [1.165, 1.54) is 18.1 Å². The van der Waals surface area contributed by atoms with Crippen LogP contribution in [0.4, 0.5) is 0 Å². The topological polar surface area (TPSA) is 0 Å². The molecule has 1 atom stereocenters. The van der Waals surface area contributed by atoms with Crippen molar-refractivity contribution in [3.05, 3.63) is 56.9 Å². The third kappa shape index (κ3) is 6.33. The van der Waals surface area contributed by atoms with Gasteiger partial charge >= 0.3 is 121 Å². The summed E-state index contributed by atoms with van der Waals surface area (Å²) in [5.74, 6) is 0.630. The average molecular weight is 430 g/mol. The molecule has 0 heterocycles. The molecule has 0 radical (unpaired) electrons. The summed E-state index contributed by atoms with van der Waals surface area (Å²) in [6.07, 6.45) is 7.18. The molecule has 0 aromatic heterocycles. The molecule has 0 saturated carbocycles. The van der Waals surface area contributed by atoms with E-state index in [9.17, 15) is 0 Å². The Morgan fingerprint density at radius 1 is 1.10 bits per heavy atom. The van der Waals surface area contributed by atoms with E-state index in [0.717, 1.165) is 0 Å². The Morgan fingerprint density at radius 3 is 2.15 bits per heavy atom. The molecule has 0 amide bonds. The van der Waals surface area contributed by atoms with Crippen molar-refractivity contribution in [1.29, 1.82) is 0 Å². The fraction of sp³-hybridized carbons (Fsp3) is 0.333.